The van der Waals surface area contributed by atoms with E-state index in [0.717, 1.165) is 11.3 Å². The highest BCUT2D eigenvalue weighted by Crippen LogP contribution is 2.24. The molecule has 2 N–H and O–H groups in total. The lowest BCUT2D eigenvalue weighted by Gasteiger charge is -2.26. The third kappa shape index (κ3) is 3.23. The molecule has 0 spiro atoms. The van der Waals surface area contributed by atoms with E-state index in [9.17, 15) is 4.79 Å². The smallest absolute Gasteiger partial charge is 0.269 e. The molecule has 6 heteroatoms. The molecule has 0 bridgehead atoms. The molecule has 0 saturated heterocycles. The molecule has 2 aromatic carbocycles. The summed E-state index contributed by atoms with van der Waals surface area (Å²) in [5.41, 5.74) is 4.72. The van der Waals surface area contributed by atoms with Crippen molar-refractivity contribution in [2.75, 3.05) is 6.54 Å². The van der Waals surface area contributed by atoms with Crippen molar-refractivity contribution in [2.24, 2.45) is 0 Å². The van der Waals surface area contributed by atoms with Crippen molar-refractivity contribution in [3.63, 3.8) is 0 Å². The Morgan fingerprint density at radius 2 is 2.00 bits per heavy atom. The second-order valence-corrected chi connectivity index (χ2v) is 6.84. The summed E-state index contributed by atoms with van der Waals surface area (Å²) in [4.78, 5) is 12.2. The van der Waals surface area contributed by atoms with Crippen molar-refractivity contribution in [1.82, 2.24) is 20.4 Å². The Morgan fingerprint density at radius 3 is 2.77 bits per heavy atom. The second-order valence-electron chi connectivity index (χ2n) is 6.40. The van der Waals surface area contributed by atoms with Gasteiger partial charge in [0.05, 0.1) is 12.2 Å². The monoisotopic (exact) mass is 366 g/mol. The molecule has 4 rings (SSSR count). The second kappa shape index (κ2) is 6.94. The number of aromatic nitrogens is 2. The maximum absolute atomic E-state index is 12.2. The average molecular weight is 367 g/mol. The lowest BCUT2D eigenvalue weighted by atomic mass is 10.1. The van der Waals surface area contributed by atoms with Crippen LogP contribution in [0, 0.1) is 6.92 Å². The number of aryl methyl sites for hydroxylation is 1. The van der Waals surface area contributed by atoms with Gasteiger partial charge >= 0.3 is 0 Å². The summed E-state index contributed by atoms with van der Waals surface area (Å²) in [7, 11) is 0. The Kier molecular flexibility index (Phi) is 4.49. The van der Waals surface area contributed by atoms with Gasteiger partial charge in [-0.15, -0.1) is 0 Å². The minimum atomic E-state index is -0.105. The first kappa shape index (κ1) is 16.8. The molecule has 0 aliphatic carbocycles. The molecule has 1 amide bonds. The van der Waals surface area contributed by atoms with Gasteiger partial charge in [0.2, 0.25) is 0 Å². The van der Waals surface area contributed by atoms with Gasteiger partial charge in [-0.1, -0.05) is 48.0 Å². The van der Waals surface area contributed by atoms with Gasteiger partial charge in [-0.25, -0.2) is 4.68 Å². The standard InChI is InChI=1S/C20H19ClN4O/c1-13-4-2-3-5-15(13)11-22-19-12-23-20(26)18-10-17(24-25(18)19)14-6-8-16(21)9-7-14/h2-10,19,22H,11-12H2,1H3,(H,23,26)/t19-/m1/s1. The quantitative estimate of drug-likeness (QED) is 0.742. The van der Waals surface area contributed by atoms with Crippen molar-refractivity contribution in [1.29, 1.82) is 0 Å². The molecular weight excluding hydrogens is 348 g/mol. The summed E-state index contributed by atoms with van der Waals surface area (Å²) in [5.74, 6) is -0.105. The van der Waals surface area contributed by atoms with Crippen molar-refractivity contribution >= 4 is 17.5 Å². The van der Waals surface area contributed by atoms with Crippen LogP contribution >= 0.6 is 11.6 Å². The number of hydrogen-bond acceptors (Lipinski definition) is 3. The molecule has 132 valence electrons. The van der Waals surface area contributed by atoms with Crippen LogP contribution in [0.4, 0.5) is 0 Å². The van der Waals surface area contributed by atoms with E-state index in [0.29, 0.717) is 23.8 Å². The average Bonchev–Trinajstić information content (AvgIpc) is 3.09. The lowest BCUT2D eigenvalue weighted by molar-refractivity contribution is 0.0900. The van der Waals surface area contributed by atoms with Crippen LogP contribution in [-0.4, -0.2) is 22.2 Å². The number of amides is 1. The largest absolute Gasteiger partial charge is 0.347 e. The van der Waals surface area contributed by atoms with E-state index in [1.807, 2.05) is 42.5 Å². The van der Waals surface area contributed by atoms with E-state index in [4.69, 9.17) is 11.6 Å². The molecule has 1 aliphatic heterocycles. The van der Waals surface area contributed by atoms with Gasteiger partial charge in [-0.3, -0.25) is 10.1 Å². The number of fused-ring (bicyclic) bond motifs is 1. The van der Waals surface area contributed by atoms with Crippen LogP contribution in [0.5, 0.6) is 0 Å². The van der Waals surface area contributed by atoms with E-state index in [1.54, 1.807) is 4.68 Å². The van der Waals surface area contributed by atoms with Crippen LogP contribution in [0.1, 0.15) is 27.8 Å². The summed E-state index contributed by atoms with van der Waals surface area (Å²) >= 11 is 5.96. The SMILES string of the molecule is Cc1ccccc1CN[C@H]1CNC(=O)c2cc(-c3ccc(Cl)cc3)nn21. The minimum absolute atomic E-state index is 0.0941. The van der Waals surface area contributed by atoms with Gasteiger partial charge in [0, 0.05) is 17.1 Å². The predicted octanol–water partition coefficient (Wildman–Crippen LogP) is 3.54. The maximum atomic E-state index is 12.2. The van der Waals surface area contributed by atoms with Crippen LogP contribution in [0.3, 0.4) is 0 Å². The Morgan fingerprint density at radius 1 is 1.23 bits per heavy atom. The third-order valence-electron chi connectivity index (χ3n) is 4.65. The molecule has 1 aliphatic rings. The van der Waals surface area contributed by atoms with Gasteiger partial charge in [0.15, 0.2) is 0 Å². The first-order valence-electron chi connectivity index (χ1n) is 8.53. The van der Waals surface area contributed by atoms with Gasteiger partial charge in [0.1, 0.15) is 11.9 Å². The molecule has 0 radical (unpaired) electrons. The fourth-order valence-corrected chi connectivity index (χ4v) is 3.25. The Balaban J connectivity index is 1.60. The molecular formula is C20H19ClN4O. The Hall–Kier alpha value is -2.63. The topological polar surface area (TPSA) is 58.9 Å². The van der Waals surface area contributed by atoms with Crippen molar-refractivity contribution in [2.45, 2.75) is 19.6 Å². The number of carbonyl (C=O) groups is 1. The molecule has 0 saturated carbocycles. The summed E-state index contributed by atoms with van der Waals surface area (Å²) in [5, 5.41) is 11.8. The van der Waals surface area contributed by atoms with Gasteiger partial charge < -0.3 is 5.32 Å². The maximum Gasteiger partial charge on any atom is 0.269 e. The number of nitrogens with one attached hydrogen (secondary N) is 2. The highest BCUT2D eigenvalue weighted by atomic mass is 35.5. The first-order valence-corrected chi connectivity index (χ1v) is 8.91. The number of benzene rings is 2. The number of hydrogen-bond donors (Lipinski definition) is 2. The zero-order chi connectivity index (χ0) is 18.1. The van der Waals surface area contributed by atoms with Crippen molar-refractivity contribution in [3.8, 4) is 11.3 Å². The minimum Gasteiger partial charge on any atom is -0.347 e. The number of carbonyl (C=O) groups excluding carboxylic acids is 1. The molecule has 26 heavy (non-hydrogen) atoms. The molecule has 1 aromatic heterocycles. The zero-order valence-corrected chi connectivity index (χ0v) is 15.1. The normalized spacial score (nSPS) is 16.2. The fraction of sp³-hybridized carbons (Fsp3) is 0.200. The van der Waals surface area contributed by atoms with E-state index < -0.39 is 0 Å². The first-order chi connectivity index (χ1) is 12.6. The van der Waals surface area contributed by atoms with Crippen LogP contribution in [0.15, 0.2) is 54.6 Å². The van der Waals surface area contributed by atoms with Crippen molar-refractivity contribution < 1.29 is 4.79 Å². The van der Waals surface area contributed by atoms with Crippen LogP contribution in [0.25, 0.3) is 11.3 Å². The van der Waals surface area contributed by atoms with E-state index in [-0.39, 0.29) is 12.1 Å². The zero-order valence-electron chi connectivity index (χ0n) is 14.4. The highest BCUT2D eigenvalue weighted by molar-refractivity contribution is 6.30. The molecule has 5 nitrogen and oxygen atoms in total. The number of halogens is 1. The lowest BCUT2D eigenvalue weighted by Crippen LogP contribution is -2.45. The van der Waals surface area contributed by atoms with Gasteiger partial charge in [-0.2, -0.15) is 5.10 Å². The van der Waals surface area contributed by atoms with Crippen molar-refractivity contribution in [3.05, 3.63) is 76.4 Å². The third-order valence-corrected chi connectivity index (χ3v) is 4.90. The molecule has 3 aromatic rings. The number of nitrogens with zero attached hydrogens (tertiary/aromatic N) is 2. The van der Waals surface area contributed by atoms with E-state index in [1.165, 1.54) is 11.1 Å². The molecule has 2 heterocycles. The van der Waals surface area contributed by atoms with Gasteiger partial charge in [0.25, 0.3) is 5.91 Å². The fourth-order valence-electron chi connectivity index (χ4n) is 3.12. The highest BCUT2D eigenvalue weighted by Gasteiger charge is 2.27. The molecule has 0 unspecified atom stereocenters. The summed E-state index contributed by atoms with van der Waals surface area (Å²) < 4.78 is 1.78. The van der Waals surface area contributed by atoms with Crippen LogP contribution in [-0.2, 0) is 6.54 Å². The molecule has 0 fully saturated rings. The summed E-state index contributed by atoms with van der Waals surface area (Å²) in [6, 6.07) is 17.5. The predicted molar refractivity (Wildman–Crippen MR) is 102 cm³/mol. The Bertz CT molecular complexity index is 949. The van der Waals surface area contributed by atoms with Crippen LogP contribution in [0.2, 0.25) is 5.02 Å². The van der Waals surface area contributed by atoms with Gasteiger partial charge in [-0.05, 0) is 36.2 Å². The number of rotatable bonds is 4. The summed E-state index contributed by atoms with van der Waals surface area (Å²) in [6.45, 7) is 3.31. The van der Waals surface area contributed by atoms with E-state index >= 15 is 0 Å². The summed E-state index contributed by atoms with van der Waals surface area (Å²) in [6.07, 6.45) is -0.0941. The van der Waals surface area contributed by atoms with E-state index in [2.05, 4.69) is 34.8 Å². The Labute approximate surface area is 157 Å². The van der Waals surface area contributed by atoms with Crippen LogP contribution < -0.4 is 10.6 Å². The molecule has 1 atom stereocenters.